The molecular formula is C43H29N3O. The number of furan rings is 1. The molecule has 1 aromatic heterocycles. The van der Waals surface area contributed by atoms with Crippen LogP contribution in [0.1, 0.15) is 22.9 Å². The topological polar surface area (TPSA) is 49.9 Å². The van der Waals surface area contributed by atoms with Gasteiger partial charge in [0.05, 0.1) is 0 Å². The van der Waals surface area contributed by atoms with E-state index < -0.39 is 6.17 Å². The third kappa shape index (κ3) is 4.97. The molecule has 4 nitrogen and oxygen atoms in total. The Balaban J connectivity index is 1.13. The summed E-state index contributed by atoms with van der Waals surface area (Å²) in [7, 11) is 0. The number of benzene rings is 7. The fraction of sp³-hybridized carbons (Fsp3) is 0.0233. The first-order chi connectivity index (χ1) is 23.3. The van der Waals surface area contributed by atoms with Crippen molar-refractivity contribution in [2.24, 2.45) is 9.98 Å². The van der Waals surface area contributed by atoms with Gasteiger partial charge in [0, 0.05) is 21.9 Å². The quantitative estimate of drug-likeness (QED) is 0.213. The Morgan fingerprint density at radius 2 is 1.09 bits per heavy atom. The van der Waals surface area contributed by atoms with Crippen molar-refractivity contribution in [2.45, 2.75) is 6.17 Å². The lowest BCUT2D eigenvalue weighted by atomic mass is 9.99. The molecule has 8 aromatic rings. The minimum absolute atomic E-state index is 0.412. The van der Waals surface area contributed by atoms with E-state index in [0.717, 1.165) is 67.0 Å². The number of hydrogen-bond donors (Lipinski definition) is 1. The molecule has 0 aliphatic carbocycles. The Morgan fingerprint density at radius 3 is 1.89 bits per heavy atom. The van der Waals surface area contributed by atoms with Gasteiger partial charge in [0.15, 0.2) is 6.17 Å². The van der Waals surface area contributed by atoms with Crippen LogP contribution in [0.2, 0.25) is 0 Å². The van der Waals surface area contributed by atoms with Crippen LogP contribution < -0.4 is 5.32 Å². The molecule has 0 saturated heterocycles. The summed E-state index contributed by atoms with van der Waals surface area (Å²) in [4.78, 5) is 10.3. The summed E-state index contributed by atoms with van der Waals surface area (Å²) in [5.41, 5.74) is 9.32. The van der Waals surface area contributed by atoms with Crippen LogP contribution in [0.15, 0.2) is 178 Å². The molecule has 0 fully saturated rings. The minimum atomic E-state index is -0.412. The van der Waals surface area contributed by atoms with Crippen LogP contribution in [-0.2, 0) is 0 Å². The highest BCUT2D eigenvalue weighted by Gasteiger charge is 2.23. The van der Waals surface area contributed by atoms with Crippen molar-refractivity contribution in [2.75, 3.05) is 0 Å². The standard InChI is InChI=1S/C43H29N3O/c1-3-10-28(11-4-1)35-24-25-36-39(27-35)47-38-17-9-16-37(40(36)38)43-45-41(31-13-5-2-6-14-31)44-42(46-43)32-21-18-30(19-22-32)34-23-20-29-12-7-8-15-33(29)26-34/h1-27,42H,(H,44,45,46). The van der Waals surface area contributed by atoms with Crippen molar-refractivity contribution >= 4 is 44.4 Å². The second-order valence-corrected chi connectivity index (χ2v) is 11.9. The van der Waals surface area contributed by atoms with Crippen LogP contribution >= 0.6 is 0 Å². The second-order valence-electron chi connectivity index (χ2n) is 11.9. The summed E-state index contributed by atoms with van der Waals surface area (Å²) in [6.07, 6.45) is -0.412. The highest BCUT2D eigenvalue weighted by atomic mass is 16.3. The molecular weight excluding hydrogens is 574 g/mol. The normalized spacial score (nSPS) is 14.6. The van der Waals surface area contributed by atoms with Crippen molar-refractivity contribution in [1.82, 2.24) is 5.32 Å². The zero-order chi connectivity index (χ0) is 31.2. The average molecular weight is 604 g/mol. The first-order valence-electron chi connectivity index (χ1n) is 15.9. The largest absolute Gasteiger partial charge is 0.456 e. The average Bonchev–Trinajstić information content (AvgIpc) is 3.53. The maximum Gasteiger partial charge on any atom is 0.169 e. The predicted octanol–water partition coefficient (Wildman–Crippen LogP) is 10.6. The van der Waals surface area contributed by atoms with Gasteiger partial charge >= 0.3 is 0 Å². The van der Waals surface area contributed by atoms with Gasteiger partial charge in [-0.15, -0.1) is 0 Å². The van der Waals surface area contributed by atoms with Crippen LogP contribution in [0.5, 0.6) is 0 Å². The van der Waals surface area contributed by atoms with Gasteiger partial charge in [-0.1, -0.05) is 140 Å². The number of fused-ring (bicyclic) bond motifs is 4. The van der Waals surface area contributed by atoms with E-state index in [1.807, 2.05) is 36.4 Å². The molecule has 0 radical (unpaired) electrons. The third-order valence-electron chi connectivity index (χ3n) is 8.94. The van der Waals surface area contributed by atoms with E-state index in [9.17, 15) is 0 Å². The second kappa shape index (κ2) is 11.3. The van der Waals surface area contributed by atoms with E-state index in [0.29, 0.717) is 0 Å². The van der Waals surface area contributed by atoms with Gasteiger partial charge in [0.2, 0.25) is 0 Å². The van der Waals surface area contributed by atoms with Crippen molar-refractivity contribution in [3.63, 3.8) is 0 Å². The highest BCUT2D eigenvalue weighted by Crippen LogP contribution is 2.36. The van der Waals surface area contributed by atoms with E-state index in [2.05, 4.69) is 133 Å². The lowest BCUT2D eigenvalue weighted by molar-refractivity contribution is 0.669. The number of nitrogens with zero attached hydrogens (tertiary/aromatic N) is 2. The van der Waals surface area contributed by atoms with Gasteiger partial charge in [-0.25, -0.2) is 9.98 Å². The molecule has 1 N–H and O–H groups in total. The molecule has 1 aliphatic rings. The van der Waals surface area contributed by atoms with E-state index in [1.54, 1.807) is 0 Å². The molecule has 222 valence electrons. The first-order valence-corrected chi connectivity index (χ1v) is 15.9. The maximum atomic E-state index is 6.44. The van der Waals surface area contributed by atoms with Crippen molar-refractivity contribution < 1.29 is 4.42 Å². The summed E-state index contributed by atoms with van der Waals surface area (Å²) in [6, 6.07) is 57.0. The van der Waals surface area contributed by atoms with Gasteiger partial charge < -0.3 is 9.73 Å². The molecule has 1 unspecified atom stereocenters. The molecule has 0 amide bonds. The van der Waals surface area contributed by atoms with E-state index in [4.69, 9.17) is 14.4 Å². The van der Waals surface area contributed by atoms with Gasteiger partial charge in [-0.05, 0) is 62.9 Å². The summed E-state index contributed by atoms with van der Waals surface area (Å²) >= 11 is 0. The molecule has 1 atom stereocenters. The SMILES string of the molecule is c1ccc(C2=NC(c3ccc(-c4ccc5ccccc5c4)cc3)N=C(c3cccc4oc5cc(-c6ccccc6)ccc5c34)N2)cc1. The zero-order valence-corrected chi connectivity index (χ0v) is 25.5. The summed E-state index contributed by atoms with van der Waals surface area (Å²) in [5, 5.41) is 8.15. The van der Waals surface area contributed by atoms with Crippen molar-refractivity contribution in [3.05, 3.63) is 180 Å². The molecule has 4 heteroatoms. The first kappa shape index (κ1) is 27.1. The molecule has 0 bridgehead atoms. The Kier molecular flexibility index (Phi) is 6.50. The van der Waals surface area contributed by atoms with Crippen LogP contribution in [0.25, 0.3) is 55.0 Å². The molecule has 1 aliphatic heterocycles. The zero-order valence-electron chi connectivity index (χ0n) is 25.5. The molecule has 0 saturated carbocycles. The predicted molar refractivity (Wildman–Crippen MR) is 194 cm³/mol. The Hall–Kier alpha value is -6.26. The van der Waals surface area contributed by atoms with Crippen molar-refractivity contribution in [3.8, 4) is 22.3 Å². The van der Waals surface area contributed by atoms with E-state index >= 15 is 0 Å². The van der Waals surface area contributed by atoms with E-state index in [1.165, 1.54) is 16.3 Å². The van der Waals surface area contributed by atoms with Gasteiger partial charge in [-0.2, -0.15) is 0 Å². The van der Waals surface area contributed by atoms with Crippen LogP contribution in [-0.4, -0.2) is 11.7 Å². The fourth-order valence-corrected chi connectivity index (χ4v) is 6.53. The smallest absolute Gasteiger partial charge is 0.169 e. The van der Waals surface area contributed by atoms with Gasteiger partial charge in [0.25, 0.3) is 0 Å². The summed E-state index contributed by atoms with van der Waals surface area (Å²) in [5.74, 6) is 1.55. The third-order valence-corrected chi connectivity index (χ3v) is 8.94. The number of hydrogen-bond acceptors (Lipinski definition) is 4. The molecule has 9 rings (SSSR count). The van der Waals surface area contributed by atoms with Crippen LogP contribution in [0, 0.1) is 0 Å². The molecule has 7 aromatic carbocycles. The summed E-state index contributed by atoms with van der Waals surface area (Å²) in [6.45, 7) is 0. The van der Waals surface area contributed by atoms with Gasteiger partial charge in [-0.3, -0.25) is 0 Å². The lowest BCUT2D eigenvalue weighted by Crippen LogP contribution is -2.36. The Labute approximate surface area is 272 Å². The number of rotatable bonds is 5. The Morgan fingerprint density at radius 1 is 0.447 bits per heavy atom. The number of aliphatic imine (C=N–C) groups is 2. The summed E-state index contributed by atoms with van der Waals surface area (Å²) < 4.78 is 6.44. The van der Waals surface area contributed by atoms with Gasteiger partial charge in [0.1, 0.15) is 22.8 Å². The fourth-order valence-electron chi connectivity index (χ4n) is 6.53. The lowest BCUT2D eigenvalue weighted by Gasteiger charge is -2.23. The molecule has 0 spiro atoms. The molecule has 2 heterocycles. The number of amidine groups is 2. The highest BCUT2D eigenvalue weighted by molar-refractivity contribution is 6.23. The number of nitrogens with one attached hydrogen (secondary N) is 1. The van der Waals surface area contributed by atoms with E-state index in [-0.39, 0.29) is 0 Å². The monoisotopic (exact) mass is 603 g/mol. The maximum absolute atomic E-state index is 6.44. The van der Waals surface area contributed by atoms with Crippen LogP contribution in [0.4, 0.5) is 0 Å². The molecule has 47 heavy (non-hydrogen) atoms. The minimum Gasteiger partial charge on any atom is -0.456 e. The van der Waals surface area contributed by atoms with Crippen LogP contribution in [0.3, 0.4) is 0 Å². The van der Waals surface area contributed by atoms with Crippen molar-refractivity contribution in [1.29, 1.82) is 0 Å². The Bertz CT molecular complexity index is 2480.